The molecule has 0 amide bonds. The van der Waals surface area contributed by atoms with Crippen molar-refractivity contribution in [2.45, 2.75) is 6.54 Å². The molecule has 0 radical (unpaired) electrons. The molecular formula is C13H13FN2O. The number of halogens is 1. The monoisotopic (exact) mass is 232 g/mol. The maximum absolute atomic E-state index is 13.6. The fraction of sp³-hybridized carbons (Fsp3) is 0.154. The summed E-state index contributed by atoms with van der Waals surface area (Å²) in [5.41, 5.74) is 7.75. The first kappa shape index (κ1) is 11.5. The Morgan fingerprint density at radius 2 is 2.18 bits per heavy atom. The Kier molecular flexibility index (Phi) is 3.35. The Morgan fingerprint density at radius 1 is 1.35 bits per heavy atom. The number of hydrogen-bond donors (Lipinski definition) is 1. The van der Waals surface area contributed by atoms with E-state index in [2.05, 4.69) is 4.98 Å². The third-order valence-corrected chi connectivity index (χ3v) is 2.58. The number of aromatic nitrogens is 1. The average molecular weight is 232 g/mol. The maximum Gasteiger partial charge on any atom is 0.149 e. The van der Waals surface area contributed by atoms with Crippen LogP contribution in [0.25, 0.3) is 11.1 Å². The number of benzene rings is 1. The summed E-state index contributed by atoms with van der Waals surface area (Å²) in [6, 6.07) is 7.06. The highest BCUT2D eigenvalue weighted by atomic mass is 19.1. The van der Waals surface area contributed by atoms with Crippen LogP contribution in [0.3, 0.4) is 0 Å². The summed E-state index contributed by atoms with van der Waals surface area (Å²) in [7, 11) is 1.58. The highest BCUT2D eigenvalue weighted by molar-refractivity contribution is 5.65. The molecule has 0 fully saturated rings. The number of hydrogen-bond acceptors (Lipinski definition) is 3. The molecule has 0 saturated heterocycles. The Bertz CT molecular complexity index is 529. The fourth-order valence-corrected chi connectivity index (χ4v) is 1.71. The van der Waals surface area contributed by atoms with E-state index in [9.17, 15) is 4.39 Å². The molecule has 2 rings (SSSR count). The van der Waals surface area contributed by atoms with Gasteiger partial charge in [0.1, 0.15) is 11.6 Å². The summed E-state index contributed by atoms with van der Waals surface area (Å²) in [6.45, 7) is 0.351. The van der Waals surface area contributed by atoms with E-state index in [-0.39, 0.29) is 5.82 Å². The van der Waals surface area contributed by atoms with Crippen molar-refractivity contribution < 1.29 is 9.13 Å². The van der Waals surface area contributed by atoms with Crippen LogP contribution in [0.15, 0.2) is 36.7 Å². The zero-order valence-corrected chi connectivity index (χ0v) is 9.48. The molecule has 2 N–H and O–H groups in total. The first-order valence-corrected chi connectivity index (χ1v) is 5.23. The zero-order valence-electron chi connectivity index (χ0n) is 9.48. The van der Waals surface area contributed by atoms with Crippen LogP contribution in [0.1, 0.15) is 5.56 Å². The van der Waals surface area contributed by atoms with E-state index in [4.69, 9.17) is 10.5 Å². The number of ether oxygens (including phenoxy) is 1. The predicted molar refractivity (Wildman–Crippen MR) is 64.1 cm³/mol. The summed E-state index contributed by atoms with van der Waals surface area (Å²) >= 11 is 0. The molecular weight excluding hydrogens is 219 g/mol. The summed E-state index contributed by atoms with van der Waals surface area (Å²) in [5, 5.41) is 0. The topological polar surface area (TPSA) is 48.1 Å². The second-order valence-electron chi connectivity index (χ2n) is 3.59. The Hall–Kier alpha value is -1.94. The number of methoxy groups -OCH3 is 1. The minimum Gasteiger partial charge on any atom is -0.496 e. The van der Waals surface area contributed by atoms with E-state index in [0.717, 1.165) is 11.1 Å². The Balaban J connectivity index is 2.50. The molecule has 3 nitrogen and oxygen atoms in total. The third kappa shape index (κ3) is 2.26. The van der Waals surface area contributed by atoms with Gasteiger partial charge in [-0.05, 0) is 23.8 Å². The van der Waals surface area contributed by atoms with Gasteiger partial charge in [-0.15, -0.1) is 0 Å². The van der Waals surface area contributed by atoms with Gasteiger partial charge in [-0.3, -0.25) is 4.98 Å². The van der Waals surface area contributed by atoms with Gasteiger partial charge in [0.15, 0.2) is 0 Å². The van der Waals surface area contributed by atoms with E-state index in [1.165, 1.54) is 6.20 Å². The molecule has 0 aliphatic heterocycles. The molecule has 17 heavy (non-hydrogen) atoms. The summed E-state index contributed by atoms with van der Waals surface area (Å²) in [4.78, 5) is 3.72. The number of nitrogens with zero attached hydrogens (tertiary/aromatic N) is 1. The highest BCUT2D eigenvalue weighted by Gasteiger charge is 2.08. The number of nitrogens with two attached hydrogens (primary N) is 1. The third-order valence-electron chi connectivity index (χ3n) is 2.58. The van der Waals surface area contributed by atoms with Crippen molar-refractivity contribution in [1.82, 2.24) is 4.98 Å². The lowest BCUT2D eigenvalue weighted by Crippen LogP contribution is -2.00. The molecule has 0 aliphatic carbocycles. The quantitative estimate of drug-likeness (QED) is 0.883. The van der Waals surface area contributed by atoms with Crippen LogP contribution in [0.4, 0.5) is 4.39 Å². The van der Waals surface area contributed by atoms with Crippen molar-refractivity contribution in [2.24, 2.45) is 5.73 Å². The van der Waals surface area contributed by atoms with Crippen molar-refractivity contribution in [3.63, 3.8) is 0 Å². The number of pyridine rings is 1. The molecule has 0 unspecified atom stereocenters. The van der Waals surface area contributed by atoms with Crippen molar-refractivity contribution in [3.8, 4) is 16.9 Å². The minimum absolute atomic E-state index is 0.347. The lowest BCUT2D eigenvalue weighted by Gasteiger charge is -2.09. The molecule has 0 saturated carbocycles. The van der Waals surface area contributed by atoms with E-state index in [1.807, 2.05) is 6.07 Å². The molecule has 88 valence electrons. The minimum atomic E-state index is -0.347. The lowest BCUT2D eigenvalue weighted by atomic mass is 10.0. The summed E-state index contributed by atoms with van der Waals surface area (Å²) < 4.78 is 18.7. The largest absolute Gasteiger partial charge is 0.496 e. The Morgan fingerprint density at radius 3 is 2.82 bits per heavy atom. The maximum atomic E-state index is 13.6. The normalized spacial score (nSPS) is 10.3. The van der Waals surface area contributed by atoms with Crippen LogP contribution in [0.5, 0.6) is 5.75 Å². The summed E-state index contributed by atoms with van der Waals surface area (Å²) in [5.74, 6) is 0.367. The standard InChI is InChI=1S/C13H13FN2O/c1-17-13-3-2-9(6-10(13)7-15)11-4-5-16-8-12(11)14/h2-6,8H,7,15H2,1H3. The van der Waals surface area contributed by atoms with Gasteiger partial charge < -0.3 is 10.5 Å². The molecule has 1 heterocycles. The van der Waals surface area contributed by atoms with Crippen LogP contribution in [0.2, 0.25) is 0 Å². The van der Waals surface area contributed by atoms with Crippen LogP contribution in [-0.2, 0) is 6.54 Å². The zero-order chi connectivity index (χ0) is 12.3. The average Bonchev–Trinajstić information content (AvgIpc) is 2.38. The molecule has 0 aliphatic rings. The second-order valence-corrected chi connectivity index (χ2v) is 3.59. The molecule has 0 atom stereocenters. The van der Waals surface area contributed by atoms with Crippen LogP contribution in [0, 0.1) is 5.82 Å². The van der Waals surface area contributed by atoms with Crippen LogP contribution in [-0.4, -0.2) is 12.1 Å². The van der Waals surface area contributed by atoms with E-state index in [0.29, 0.717) is 17.9 Å². The first-order valence-electron chi connectivity index (χ1n) is 5.23. The molecule has 0 spiro atoms. The predicted octanol–water partition coefficient (Wildman–Crippen LogP) is 2.35. The van der Waals surface area contributed by atoms with Gasteiger partial charge in [0, 0.05) is 23.9 Å². The van der Waals surface area contributed by atoms with Gasteiger partial charge in [0.05, 0.1) is 13.3 Å². The van der Waals surface area contributed by atoms with Crippen molar-refractivity contribution in [1.29, 1.82) is 0 Å². The Labute approximate surface area is 99.1 Å². The molecule has 0 bridgehead atoms. The van der Waals surface area contributed by atoms with E-state index >= 15 is 0 Å². The molecule has 4 heteroatoms. The van der Waals surface area contributed by atoms with Gasteiger partial charge in [0.25, 0.3) is 0 Å². The van der Waals surface area contributed by atoms with Gasteiger partial charge in [0.2, 0.25) is 0 Å². The lowest BCUT2D eigenvalue weighted by molar-refractivity contribution is 0.410. The van der Waals surface area contributed by atoms with Gasteiger partial charge >= 0.3 is 0 Å². The molecule has 1 aromatic heterocycles. The second kappa shape index (κ2) is 4.93. The van der Waals surface area contributed by atoms with Crippen molar-refractivity contribution in [2.75, 3.05) is 7.11 Å². The van der Waals surface area contributed by atoms with E-state index in [1.54, 1.807) is 31.5 Å². The smallest absolute Gasteiger partial charge is 0.149 e. The summed E-state index contributed by atoms with van der Waals surface area (Å²) in [6.07, 6.45) is 2.76. The van der Waals surface area contributed by atoms with Gasteiger partial charge in [-0.1, -0.05) is 6.07 Å². The van der Waals surface area contributed by atoms with Crippen molar-refractivity contribution in [3.05, 3.63) is 48.0 Å². The SMILES string of the molecule is COc1ccc(-c2ccncc2F)cc1CN. The van der Waals surface area contributed by atoms with Crippen LogP contribution >= 0.6 is 0 Å². The number of rotatable bonds is 3. The molecule has 2 aromatic rings. The molecule has 1 aromatic carbocycles. The first-order chi connectivity index (χ1) is 8.26. The van der Waals surface area contributed by atoms with Crippen LogP contribution < -0.4 is 10.5 Å². The fourth-order valence-electron chi connectivity index (χ4n) is 1.71. The van der Waals surface area contributed by atoms with Gasteiger partial charge in [-0.2, -0.15) is 0 Å². The van der Waals surface area contributed by atoms with Gasteiger partial charge in [-0.25, -0.2) is 4.39 Å². The highest BCUT2D eigenvalue weighted by Crippen LogP contribution is 2.27. The van der Waals surface area contributed by atoms with Crippen molar-refractivity contribution >= 4 is 0 Å². The van der Waals surface area contributed by atoms with E-state index < -0.39 is 0 Å².